The molecule has 15 heavy (non-hydrogen) atoms. The normalized spacial score (nSPS) is 14.6. The zero-order chi connectivity index (χ0) is 11.9. The molecule has 0 fully saturated rings. The van der Waals surface area contributed by atoms with Crippen molar-refractivity contribution in [3.05, 3.63) is 0 Å². The van der Waals surface area contributed by atoms with Gasteiger partial charge in [-0.1, -0.05) is 20.8 Å². The van der Waals surface area contributed by atoms with Crippen molar-refractivity contribution in [1.82, 2.24) is 5.32 Å². The molecule has 0 amide bonds. The monoisotopic (exact) mass is 231 g/mol. The van der Waals surface area contributed by atoms with Gasteiger partial charge in [-0.05, 0) is 57.1 Å². The second-order valence-corrected chi connectivity index (χ2v) is 7.14. The smallest absolute Gasteiger partial charge is 0.00966 e. The van der Waals surface area contributed by atoms with Gasteiger partial charge in [0.25, 0.3) is 0 Å². The Morgan fingerprint density at radius 1 is 1.13 bits per heavy atom. The molecule has 1 atom stereocenters. The van der Waals surface area contributed by atoms with Crippen molar-refractivity contribution in [2.24, 2.45) is 11.8 Å². The SMILES string of the molecule is CC(C)CCSCC(C)CNC(C)(C)C. The van der Waals surface area contributed by atoms with Crippen LogP contribution in [0.4, 0.5) is 0 Å². The largest absolute Gasteiger partial charge is 0.312 e. The predicted octanol–water partition coefficient (Wildman–Crippen LogP) is 3.79. The Balaban J connectivity index is 3.38. The molecule has 0 aromatic carbocycles. The Bertz CT molecular complexity index is 149. The van der Waals surface area contributed by atoms with E-state index in [9.17, 15) is 0 Å². The van der Waals surface area contributed by atoms with E-state index in [2.05, 4.69) is 58.6 Å². The minimum absolute atomic E-state index is 0.261. The van der Waals surface area contributed by atoms with Gasteiger partial charge in [-0.3, -0.25) is 0 Å². The molecule has 0 aliphatic carbocycles. The number of thioether (sulfide) groups is 1. The fourth-order valence-corrected chi connectivity index (χ4v) is 2.47. The van der Waals surface area contributed by atoms with Gasteiger partial charge in [0.15, 0.2) is 0 Å². The van der Waals surface area contributed by atoms with Gasteiger partial charge in [-0.2, -0.15) is 11.8 Å². The van der Waals surface area contributed by atoms with Crippen LogP contribution in [0.15, 0.2) is 0 Å². The Kier molecular flexibility index (Phi) is 7.72. The van der Waals surface area contributed by atoms with E-state index in [1.54, 1.807) is 0 Å². The highest BCUT2D eigenvalue weighted by molar-refractivity contribution is 7.99. The third-order valence-corrected chi connectivity index (χ3v) is 3.55. The maximum atomic E-state index is 3.56. The van der Waals surface area contributed by atoms with Crippen molar-refractivity contribution >= 4 is 11.8 Å². The van der Waals surface area contributed by atoms with Gasteiger partial charge in [-0.15, -0.1) is 0 Å². The van der Waals surface area contributed by atoms with Crippen LogP contribution < -0.4 is 5.32 Å². The molecule has 92 valence electrons. The van der Waals surface area contributed by atoms with Crippen molar-refractivity contribution in [1.29, 1.82) is 0 Å². The first-order chi connectivity index (χ1) is 6.81. The lowest BCUT2D eigenvalue weighted by atomic mass is 10.1. The molecular weight excluding hydrogens is 202 g/mol. The van der Waals surface area contributed by atoms with E-state index >= 15 is 0 Å². The van der Waals surface area contributed by atoms with Gasteiger partial charge in [0.1, 0.15) is 0 Å². The van der Waals surface area contributed by atoms with E-state index < -0.39 is 0 Å². The van der Waals surface area contributed by atoms with Crippen LogP contribution in [0.3, 0.4) is 0 Å². The summed E-state index contributed by atoms with van der Waals surface area (Å²) in [5.74, 6) is 4.23. The molecule has 0 rings (SSSR count). The maximum Gasteiger partial charge on any atom is 0.00966 e. The van der Waals surface area contributed by atoms with Crippen LogP contribution in [0.1, 0.15) is 48.0 Å². The second-order valence-electron chi connectivity index (χ2n) is 5.99. The Morgan fingerprint density at radius 3 is 2.20 bits per heavy atom. The van der Waals surface area contributed by atoms with Gasteiger partial charge in [0.05, 0.1) is 0 Å². The predicted molar refractivity (Wildman–Crippen MR) is 73.7 cm³/mol. The van der Waals surface area contributed by atoms with E-state index in [1.807, 2.05) is 0 Å². The van der Waals surface area contributed by atoms with Crippen molar-refractivity contribution in [2.75, 3.05) is 18.1 Å². The van der Waals surface area contributed by atoms with Crippen LogP contribution in [-0.4, -0.2) is 23.6 Å². The average molecular weight is 231 g/mol. The molecule has 0 aliphatic heterocycles. The van der Waals surface area contributed by atoms with E-state index in [0.717, 1.165) is 18.4 Å². The van der Waals surface area contributed by atoms with Gasteiger partial charge in [0, 0.05) is 5.54 Å². The molecule has 0 spiro atoms. The fourth-order valence-electron chi connectivity index (χ4n) is 1.14. The first-order valence-electron chi connectivity index (χ1n) is 6.14. The molecule has 0 aromatic heterocycles. The van der Waals surface area contributed by atoms with E-state index in [-0.39, 0.29) is 5.54 Å². The average Bonchev–Trinajstić information content (AvgIpc) is 2.07. The van der Waals surface area contributed by atoms with E-state index in [1.165, 1.54) is 17.9 Å². The summed E-state index contributed by atoms with van der Waals surface area (Å²) in [6.45, 7) is 14.7. The topological polar surface area (TPSA) is 12.0 Å². The molecule has 2 heteroatoms. The minimum Gasteiger partial charge on any atom is -0.312 e. The van der Waals surface area contributed by atoms with Crippen LogP contribution in [0.5, 0.6) is 0 Å². The lowest BCUT2D eigenvalue weighted by molar-refractivity contribution is 0.395. The third-order valence-electron chi connectivity index (χ3n) is 2.22. The minimum atomic E-state index is 0.261. The van der Waals surface area contributed by atoms with Crippen molar-refractivity contribution < 1.29 is 0 Å². The zero-order valence-corrected chi connectivity index (χ0v) is 12.2. The van der Waals surface area contributed by atoms with E-state index in [4.69, 9.17) is 0 Å². The number of nitrogens with one attached hydrogen (secondary N) is 1. The number of hydrogen-bond acceptors (Lipinski definition) is 2. The highest BCUT2D eigenvalue weighted by Gasteiger charge is 2.10. The Hall–Kier alpha value is 0.310. The van der Waals surface area contributed by atoms with Gasteiger partial charge >= 0.3 is 0 Å². The molecule has 0 heterocycles. The standard InChI is InChI=1S/C13H29NS/c1-11(2)7-8-15-10-12(3)9-14-13(4,5)6/h11-12,14H,7-10H2,1-6H3. The summed E-state index contributed by atoms with van der Waals surface area (Å²) in [7, 11) is 0. The summed E-state index contributed by atoms with van der Waals surface area (Å²) in [5, 5.41) is 3.56. The van der Waals surface area contributed by atoms with E-state index in [0.29, 0.717) is 0 Å². The third kappa shape index (κ3) is 12.2. The lowest BCUT2D eigenvalue weighted by Gasteiger charge is -2.23. The van der Waals surface area contributed by atoms with Crippen molar-refractivity contribution in [3.8, 4) is 0 Å². The molecule has 0 saturated carbocycles. The fraction of sp³-hybridized carbons (Fsp3) is 1.00. The van der Waals surface area contributed by atoms with Gasteiger partial charge in [0.2, 0.25) is 0 Å². The molecule has 0 aromatic rings. The van der Waals surface area contributed by atoms with Crippen molar-refractivity contribution in [3.63, 3.8) is 0 Å². The Morgan fingerprint density at radius 2 is 1.73 bits per heavy atom. The highest BCUT2D eigenvalue weighted by atomic mass is 32.2. The van der Waals surface area contributed by atoms with Crippen LogP contribution in [0.2, 0.25) is 0 Å². The number of rotatable bonds is 7. The summed E-state index contributed by atoms with van der Waals surface area (Å²) >= 11 is 2.10. The second kappa shape index (κ2) is 7.56. The lowest BCUT2D eigenvalue weighted by Crippen LogP contribution is -2.39. The zero-order valence-electron chi connectivity index (χ0n) is 11.4. The molecule has 0 aliphatic rings. The highest BCUT2D eigenvalue weighted by Crippen LogP contribution is 2.13. The summed E-state index contributed by atoms with van der Waals surface area (Å²) in [5.41, 5.74) is 0.261. The van der Waals surface area contributed by atoms with Crippen LogP contribution in [0.25, 0.3) is 0 Å². The summed E-state index contributed by atoms with van der Waals surface area (Å²) in [6.07, 6.45) is 1.35. The molecule has 0 saturated heterocycles. The molecule has 1 N–H and O–H groups in total. The van der Waals surface area contributed by atoms with Crippen LogP contribution >= 0.6 is 11.8 Å². The molecule has 1 unspecified atom stereocenters. The van der Waals surface area contributed by atoms with Gasteiger partial charge < -0.3 is 5.32 Å². The molecular formula is C13H29NS. The summed E-state index contributed by atoms with van der Waals surface area (Å²) in [6, 6.07) is 0. The quantitative estimate of drug-likeness (QED) is 0.669. The van der Waals surface area contributed by atoms with Gasteiger partial charge in [-0.25, -0.2) is 0 Å². The first-order valence-corrected chi connectivity index (χ1v) is 7.29. The number of hydrogen-bond donors (Lipinski definition) is 1. The molecule has 0 radical (unpaired) electrons. The summed E-state index contributed by atoms with van der Waals surface area (Å²) < 4.78 is 0. The Labute approximate surface area is 101 Å². The molecule has 1 nitrogen and oxygen atoms in total. The van der Waals surface area contributed by atoms with Crippen LogP contribution in [-0.2, 0) is 0 Å². The molecule has 0 bridgehead atoms. The first kappa shape index (κ1) is 15.3. The summed E-state index contributed by atoms with van der Waals surface area (Å²) in [4.78, 5) is 0. The van der Waals surface area contributed by atoms with Crippen molar-refractivity contribution in [2.45, 2.75) is 53.5 Å². The maximum absolute atomic E-state index is 3.56. The van der Waals surface area contributed by atoms with Crippen LogP contribution in [0, 0.1) is 11.8 Å².